The van der Waals surface area contributed by atoms with Gasteiger partial charge in [0.1, 0.15) is 13.7 Å². The quantitative estimate of drug-likeness (QED) is 0.114. The highest BCUT2D eigenvalue weighted by Crippen LogP contribution is 1.99. The molecule has 0 aromatic carbocycles. The minimum atomic E-state index is -1.02. The van der Waals surface area contributed by atoms with Crippen LogP contribution in [-0.2, 0) is 4.79 Å². The molecular weight excluding hydrogens is 186 g/mol. The van der Waals surface area contributed by atoms with E-state index >= 15 is 0 Å². The minimum Gasteiger partial charge on any atom is -0.480 e. The third kappa shape index (κ3) is 6.21. The standard InChI is InChI=1S/C7H17N5O2/c8-4-2-1-3-6(7(13)14)10-5-11-12-9/h5-6,12H,1-4,8-9H2,(H,10,11)(H,13,14)/t6-/m0/s1/i5D. The number of hydrazone groups is 1. The predicted octanol–water partition coefficient (Wildman–Crippen LogP) is -1.44. The van der Waals surface area contributed by atoms with Crippen LogP contribution in [0, 0.1) is 0 Å². The van der Waals surface area contributed by atoms with Gasteiger partial charge >= 0.3 is 5.97 Å². The van der Waals surface area contributed by atoms with E-state index in [1.807, 2.05) is 5.53 Å². The molecule has 14 heavy (non-hydrogen) atoms. The molecule has 0 aromatic heterocycles. The Bertz CT molecular complexity index is 223. The Morgan fingerprint density at radius 2 is 2.43 bits per heavy atom. The van der Waals surface area contributed by atoms with Crippen LogP contribution in [0.4, 0.5) is 0 Å². The average molecular weight is 204 g/mol. The molecule has 0 amide bonds. The zero-order valence-electron chi connectivity index (χ0n) is 8.86. The summed E-state index contributed by atoms with van der Waals surface area (Å²) in [7, 11) is 0. The van der Waals surface area contributed by atoms with E-state index in [0.29, 0.717) is 19.4 Å². The van der Waals surface area contributed by atoms with Gasteiger partial charge in [0.2, 0.25) is 0 Å². The number of carboxylic acids is 1. The van der Waals surface area contributed by atoms with Crippen molar-refractivity contribution in [2.75, 3.05) is 6.54 Å². The van der Waals surface area contributed by atoms with Gasteiger partial charge < -0.3 is 16.2 Å². The number of amidine groups is 1. The van der Waals surface area contributed by atoms with Crippen molar-refractivity contribution in [1.82, 2.24) is 10.9 Å². The highest BCUT2D eigenvalue weighted by molar-refractivity contribution is 5.76. The van der Waals surface area contributed by atoms with Crippen LogP contribution in [0.5, 0.6) is 0 Å². The summed E-state index contributed by atoms with van der Waals surface area (Å²) in [5, 5.41) is 14.5. The first-order valence-electron chi connectivity index (χ1n) is 4.81. The highest BCUT2D eigenvalue weighted by atomic mass is 16.4. The number of nitrogens with two attached hydrogens (primary N) is 2. The number of carboxylic acid groups (broad SMARTS) is 1. The van der Waals surface area contributed by atoms with Gasteiger partial charge in [-0.3, -0.25) is 0 Å². The van der Waals surface area contributed by atoms with E-state index < -0.39 is 12.0 Å². The van der Waals surface area contributed by atoms with Gasteiger partial charge in [0.25, 0.3) is 0 Å². The van der Waals surface area contributed by atoms with Crippen molar-refractivity contribution in [3.63, 3.8) is 0 Å². The lowest BCUT2D eigenvalue weighted by Crippen LogP contribution is -2.36. The van der Waals surface area contributed by atoms with Gasteiger partial charge in [-0.1, -0.05) is 0 Å². The molecule has 0 saturated heterocycles. The van der Waals surface area contributed by atoms with E-state index in [4.69, 9.17) is 18.1 Å². The van der Waals surface area contributed by atoms with Crippen LogP contribution in [0.3, 0.4) is 0 Å². The molecule has 0 bridgehead atoms. The van der Waals surface area contributed by atoms with E-state index in [9.17, 15) is 4.79 Å². The summed E-state index contributed by atoms with van der Waals surface area (Å²) in [6.45, 7) is 0.526. The van der Waals surface area contributed by atoms with E-state index in [1.165, 1.54) is 0 Å². The van der Waals surface area contributed by atoms with Crippen molar-refractivity contribution < 1.29 is 11.3 Å². The molecule has 7 nitrogen and oxygen atoms in total. The zero-order valence-corrected chi connectivity index (χ0v) is 7.86. The second-order valence-electron chi connectivity index (χ2n) is 2.67. The number of hydrogen-bond acceptors (Lipinski definition) is 5. The van der Waals surface area contributed by atoms with Gasteiger partial charge in [-0.2, -0.15) is 5.10 Å². The van der Waals surface area contributed by atoms with Crippen molar-refractivity contribution in [3.05, 3.63) is 0 Å². The maximum absolute atomic E-state index is 10.7. The van der Waals surface area contributed by atoms with Crippen molar-refractivity contribution in [2.24, 2.45) is 16.7 Å². The van der Waals surface area contributed by atoms with E-state index in [2.05, 4.69) is 10.4 Å². The summed E-state index contributed by atoms with van der Waals surface area (Å²) in [4.78, 5) is 10.7. The third-order valence-electron chi connectivity index (χ3n) is 1.60. The van der Waals surface area contributed by atoms with Gasteiger partial charge in [0.05, 0.1) is 0 Å². The summed E-state index contributed by atoms with van der Waals surface area (Å²) >= 11 is 0. The molecule has 0 aliphatic heterocycles. The molecule has 1 atom stereocenters. The molecule has 0 spiro atoms. The fourth-order valence-corrected chi connectivity index (χ4v) is 0.893. The van der Waals surface area contributed by atoms with E-state index in [-0.39, 0.29) is 6.31 Å². The monoisotopic (exact) mass is 204 g/mol. The second kappa shape index (κ2) is 8.27. The summed E-state index contributed by atoms with van der Waals surface area (Å²) in [6.07, 6.45) is 1.53. The Balaban J connectivity index is 4.04. The Kier molecular flexibility index (Phi) is 6.34. The molecule has 0 unspecified atom stereocenters. The molecule has 0 aromatic rings. The summed E-state index contributed by atoms with van der Waals surface area (Å²) in [6, 6.07) is -0.832. The van der Waals surface area contributed by atoms with Gasteiger partial charge in [-0.25, -0.2) is 16.2 Å². The average Bonchev–Trinajstić information content (AvgIpc) is 2.16. The van der Waals surface area contributed by atoms with Crippen LogP contribution in [0.1, 0.15) is 20.6 Å². The largest absolute Gasteiger partial charge is 0.480 e. The Hall–Kier alpha value is -1.34. The van der Waals surface area contributed by atoms with Crippen molar-refractivity contribution in [2.45, 2.75) is 25.3 Å². The summed E-state index contributed by atoms with van der Waals surface area (Å²) in [5.74, 6) is 3.82. The maximum Gasteiger partial charge on any atom is 0.326 e. The van der Waals surface area contributed by atoms with Gasteiger partial charge in [-0.05, 0) is 25.8 Å². The van der Waals surface area contributed by atoms with Crippen LogP contribution in [0.25, 0.3) is 0 Å². The molecule has 7 N–H and O–H groups in total. The number of nitrogens with one attached hydrogen (secondary N) is 2. The number of unbranched alkanes of at least 4 members (excludes halogenated alkanes) is 1. The molecule has 0 heterocycles. The predicted molar refractivity (Wildman–Crippen MR) is 53.3 cm³/mol. The van der Waals surface area contributed by atoms with Crippen molar-refractivity contribution >= 4 is 12.3 Å². The SMILES string of the molecule is [2H]C(=NNN)N[C@@H](CCCCN)C(=O)O. The van der Waals surface area contributed by atoms with Gasteiger partial charge in [-0.15, -0.1) is 0 Å². The first kappa shape index (κ1) is 10.7. The van der Waals surface area contributed by atoms with Gasteiger partial charge in [0, 0.05) is 0 Å². The first-order valence-corrected chi connectivity index (χ1v) is 4.31. The number of hydrazine groups is 1. The maximum atomic E-state index is 10.7. The Morgan fingerprint density at radius 1 is 1.71 bits per heavy atom. The van der Waals surface area contributed by atoms with Crippen LogP contribution in [-0.4, -0.2) is 30.0 Å². The van der Waals surface area contributed by atoms with Crippen molar-refractivity contribution in [3.8, 4) is 0 Å². The molecule has 0 aliphatic rings. The van der Waals surface area contributed by atoms with E-state index in [0.717, 1.165) is 6.42 Å². The first-order chi connectivity index (χ1) is 7.11. The number of rotatable bonds is 7. The molecule has 82 valence electrons. The lowest BCUT2D eigenvalue weighted by Gasteiger charge is -2.11. The Morgan fingerprint density at radius 3 is 2.93 bits per heavy atom. The second-order valence-corrected chi connectivity index (χ2v) is 2.67. The van der Waals surface area contributed by atoms with Crippen LogP contribution in [0.15, 0.2) is 5.10 Å². The molecule has 0 saturated carbocycles. The number of carbonyl (C=O) groups is 1. The van der Waals surface area contributed by atoms with Crippen LogP contribution >= 0.6 is 0 Å². The Labute approximate surface area is 83.9 Å². The molecule has 0 rings (SSSR count). The smallest absolute Gasteiger partial charge is 0.326 e. The third-order valence-corrected chi connectivity index (χ3v) is 1.60. The normalized spacial score (nSPS) is 14.4. The molecule has 7 heteroatoms. The zero-order chi connectivity index (χ0) is 11.7. The molecule has 0 radical (unpaired) electrons. The number of hydrogen-bond donors (Lipinski definition) is 5. The van der Waals surface area contributed by atoms with Gasteiger partial charge in [0.15, 0.2) is 0 Å². The molecule has 0 fully saturated rings. The molecular formula is C7H17N5O2. The lowest BCUT2D eigenvalue weighted by atomic mass is 10.1. The fourth-order valence-electron chi connectivity index (χ4n) is 0.893. The summed E-state index contributed by atoms with van der Waals surface area (Å²) < 4.78 is 7.18. The topological polar surface area (TPSA) is 126 Å². The minimum absolute atomic E-state index is 0.308. The van der Waals surface area contributed by atoms with Crippen molar-refractivity contribution in [1.29, 1.82) is 0 Å². The highest BCUT2D eigenvalue weighted by Gasteiger charge is 2.14. The lowest BCUT2D eigenvalue weighted by molar-refractivity contribution is -0.139. The number of nitrogens with zero attached hydrogens (tertiary/aromatic N) is 1. The fraction of sp³-hybridized carbons (Fsp3) is 0.714. The molecule has 0 aliphatic carbocycles. The van der Waals surface area contributed by atoms with E-state index in [1.54, 1.807) is 0 Å². The summed E-state index contributed by atoms with van der Waals surface area (Å²) in [5.41, 5.74) is 7.19. The number of aliphatic carboxylic acids is 1. The van der Waals surface area contributed by atoms with Crippen LogP contribution < -0.4 is 22.4 Å². The van der Waals surface area contributed by atoms with Crippen LogP contribution in [0.2, 0.25) is 0 Å².